The molecule has 0 aliphatic heterocycles. The van der Waals surface area contributed by atoms with E-state index in [4.69, 9.17) is 40.2 Å². The smallest absolute Gasteiger partial charge is 0.261 e. The molecule has 162 valence electrons. The van der Waals surface area contributed by atoms with Crippen molar-refractivity contribution in [2.24, 2.45) is 0 Å². The van der Waals surface area contributed by atoms with Gasteiger partial charge in [0.1, 0.15) is 10.8 Å². The third kappa shape index (κ3) is 4.89. The van der Waals surface area contributed by atoms with Crippen molar-refractivity contribution in [2.45, 2.75) is 0 Å². The molecule has 10 heteroatoms. The second-order valence-electron chi connectivity index (χ2n) is 6.55. The molecule has 0 bridgehead atoms. The van der Waals surface area contributed by atoms with E-state index in [1.807, 2.05) is 24.3 Å². The molecule has 0 saturated heterocycles. The van der Waals surface area contributed by atoms with Gasteiger partial charge in [-0.1, -0.05) is 51.3 Å². The number of benzene rings is 3. The summed E-state index contributed by atoms with van der Waals surface area (Å²) < 4.78 is 7.05. The quantitative estimate of drug-likeness (QED) is 0.256. The van der Waals surface area contributed by atoms with Gasteiger partial charge in [0, 0.05) is 10.0 Å². The molecule has 0 fully saturated rings. The molecule has 0 spiro atoms. The highest BCUT2D eigenvalue weighted by Gasteiger charge is 2.17. The molecule has 4 rings (SSSR count). The van der Waals surface area contributed by atoms with E-state index in [-0.39, 0.29) is 5.11 Å². The van der Waals surface area contributed by atoms with Gasteiger partial charge in [0.25, 0.3) is 5.91 Å². The molecule has 0 atom stereocenters. The Balaban J connectivity index is 1.58. The molecule has 5 nitrogen and oxygen atoms in total. The molecule has 3 aromatic carbocycles. The van der Waals surface area contributed by atoms with Crippen molar-refractivity contribution in [2.75, 3.05) is 12.4 Å². The Hall–Kier alpha value is -2.23. The van der Waals surface area contributed by atoms with Crippen LogP contribution in [-0.4, -0.2) is 23.1 Å². The van der Waals surface area contributed by atoms with Gasteiger partial charge in [-0.05, 0) is 54.7 Å². The second kappa shape index (κ2) is 9.72. The van der Waals surface area contributed by atoms with E-state index in [2.05, 4.69) is 31.5 Å². The fourth-order valence-corrected chi connectivity index (χ4v) is 5.11. The van der Waals surface area contributed by atoms with Crippen molar-refractivity contribution in [1.82, 2.24) is 10.3 Å². The van der Waals surface area contributed by atoms with Gasteiger partial charge < -0.3 is 10.1 Å². The monoisotopic (exact) mass is 565 g/mol. The number of aromatic nitrogens is 1. The third-order valence-electron chi connectivity index (χ3n) is 4.46. The van der Waals surface area contributed by atoms with Crippen LogP contribution in [0, 0.1) is 0 Å². The number of hydrogen-bond acceptors (Lipinski definition) is 5. The van der Waals surface area contributed by atoms with Gasteiger partial charge >= 0.3 is 0 Å². The lowest BCUT2D eigenvalue weighted by Crippen LogP contribution is -2.34. The molecule has 1 amide bonds. The number of nitrogens with zero attached hydrogens (tertiary/aromatic N) is 1. The van der Waals surface area contributed by atoms with Crippen LogP contribution in [0.5, 0.6) is 5.75 Å². The highest BCUT2D eigenvalue weighted by Crippen LogP contribution is 2.39. The molecule has 2 N–H and O–H groups in total. The minimum Gasteiger partial charge on any atom is -0.496 e. The van der Waals surface area contributed by atoms with Gasteiger partial charge in [-0.15, -0.1) is 11.3 Å². The van der Waals surface area contributed by atoms with Crippen molar-refractivity contribution >= 4 is 89.6 Å². The summed E-state index contributed by atoms with van der Waals surface area (Å²) in [4.78, 5) is 17.4. The Morgan fingerprint density at radius 1 is 1.12 bits per heavy atom. The highest BCUT2D eigenvalue weighted by atomic mass is 79.9. The minimum absolute atomic E-state index is 0.0801. The molecule has 4 aromatic rings. The minimum atomic E-state index is -0.419. The van der Waals surface area contributed by atoms with Gasteiger partial charge in [0.2, 0.25) is 0 Å². The maximum Gasteiger partial charge on any atom is 0.261 e. The maximum absolute atomic E-state index is 12.7. The summed E-state index contributed by atoms with van der Waals surface area (Å²) in [6.07, 6.45) is 0. The largest absolute Gasteiger partial charge is 0.496 e. The lowest BCUT2D eigenvalue weighted by atomic mass is 10.2. The first kappa shape index (κ1) is 22.9. The number of ether oxygens (including phenoxy) is 1. The van der Waals surface area contributed by atoms with Crippen LogP contribution in [-0.2, 0) is 0 Å². The van der Waals surface area contributed by atoms with Gasteiger partial charge in [-0.25, -0.2) is 4.98 Å². The molecule has 32 heavy (non-hydrogen) atoms. The van der Waals surface area contributed by atoms with E-state index >= 15 is 0 Å². The lowest BCUT2D eigenvalue weighted by Gasteiger charge is -2.14. The predicted octanol–water partition coefficient (Wildman–Crippen LogP) is 7.17. The van der Waals surface area contributed by atoms with Crippen molar-refractivity contribution in [3.05, 3.63) is 74.7 Å². The first-order valence-corrected chi connectivity index (χ1v) is 11.9. The van der Waals surface area contributed by atoms with Crippen LogP contribution in [0.1, 0.15) is 10.4 Å². The number of rotatable bonds is 4. The van der Waals surface area contributed by atoms with E-state index in [0.29, 0.717) is 32.6 Å². The highest BCUT2D eigenvalue weighted by molar-refractivity contribution is 9.10. The molecule has 0 unspecified atom stereocenters. The number of amides is 1. The molecule has 0 radical (unpaired) electrons. The van der Waals surface area contributed by atoms with Crippen molar-refractivity contribution in [3.8, 4) is 16.3 Å². The molecule has 0 aliphatic rings. The normalized spacial score (nSPS) is 10.8. The van der Waals surface area contributed by atoms with Gasteiger partial charge in [-0.3, -0.25) is 10.1 Å². The Labute approximate surface area is 211 Å². The third-order valence-corrected chi connectivity index (χ3v) is 6.85. The molecule has 0 aliphatic carbocycles. The Kier molecular flexibility index (Phi) is 6.97. The molecular formula is C22H14BrCl2N3O2S2. The Morgan fingerprint density at radius 3 is 2.66 bits per heavy atom. The zero-order valence-corrected chi connectivity index (χ0v) is 21.1. The average molecular weight is 567 g/mol. The number of fused-ring (bicyclic) bond motifs is 1. The molecular weight excluding hydrogens is 553 g/mol. The zero-order chi connectivity index (χ0) is 22.8. The number of halogens is 3. The number of carbonyl (C=O) groups excluding carboxylic acids is 1. The molecule has 1 heterocycles. The van der Waals surface area contributed by atoms with Crippen molar-refractivity contribution in [1.29, 1.82) is 0 Å². The summed E-state index contributed by atoms with van der Waals surface area (Å²) in [5.41, 5.74) is 2.43. The van der Waals surface area contributed by atoms with Crippen LogP contribution in [0.2, 0.25) is 10.0 Å². The summed E-state index contributed by atoms with van der Waals surface area (Å²) in [6.45, 7) is 0. The van der Waals surface area contributed by atoms with Gasteiger partial charge in [0.15, 0.2) is 5.11 Å². The van der Waals surface area contributed by atoms with Gasteiger partial charge in [-0.2, -0.15) is 0 Å². The predicted molar refractivity (Wildman–Crippen MR) is 139 cm³/mol. The lowest BCUT2D eigenvalue weighted by molar-refractivity contribution is 0.0974. The topological polar surface area (TPSA) is 63.2 Å². The van der Waals surface area contributed by atoms with E-state index in [9.17, 15) is 4.79 Å². The van der Waals surface area contributed by atoms with Crippen LogP contribution in [0.15, 0.2) is 59.1 Å². The van der Waals surface area contributed by atoms with E-state index in [0.717, 1.165) is 19.7 Å². The summed E-state index contributed by atoms with van der Waals surface area (Å²) in [5, 5.41) is 7.27. The van der Waals surface area contributed by atoms with Crippen LogP contribution < -0.4 is 15.4 Å². The molecule has 0 saturated carbocycles. The number of anilines is 1. The number of hydrogen-bond donors (Lipinski definition) is 2. The second-order valence-corrected chi connectivity index (χ2v) is 9.72. The molecule has 1 aromatic heterocycles. The number of carbonyl (C=O) groups is 1. The fraction of sp³-hybridized carbons (Fsp3) is 0.0455. The Bertz CT molecular complexity index is 1330. The van der Waals surface area contributed by atoms with E-state index in [1.165, 1.54) is 18.4 Å². The number of thiazole rings is 1. The number of nitrogens with one attached hydrogen (secondary N) is 2. The van der Waals surface area contributed by atoms with Crippen LogP contribution in [0.3, 0.4) is 0 Å². The van der Waals surface area contributed by atoms with Crippen LogP contribution >= 0.6 is 62.7 Å². The van der Waals surface area contributed by atoms with Crippen molar-refractivity contribution < 1.29 is 9.53 Å². The first-order chi connectivity index (χ1) is 15.4. The average Bonchev–Trinajstić information content (AvgIpc) is 3.19. The zero-order valence-electron chi connectivity index (χ0n) is 16.4. The summed E-state index contributed by atoms with van der Waals surface area (Å²) in [6, 6.07) is 16.3. The maximum atomic E-state index is 12.7. The SMILES string of the molecule is COc1ccc(Br)cc1C(=O)NC(=S)Nc1cc(-c2nc3ccccc3s2)c(Cl)cc1Cl. The number of methoxy groups -OCH3 is 1. The van der Waals surface area contributed by atoms with E-state index < -0.39 is 5.91 Å². The van der Waals surface area contributed by atoms with Gasteiger partial charge in [0.05, 0.1) is 38.6 Å². The van der Waals surface area contributed by atoms with Crippen LogP contribution in [0.25, 0.3) is 20.8 Å². The van der Waals surface area contributed by atoms with E-state index in [1.54, 1.807) is 30.3 Å². The van der Waals surface area contributed by atoms with Crippen molar-refractivity contribution in [3.63, 3.8) is 0 Å². The number of thiocarbonyl (C=S) groups is 1. The summed E-state index contributed by atoms with van der Waals surface area (Å²) >= 11 is 23.0. The Morgan fingerprint density at radius 2 is 1.91 bits per heavy atom. The van der Waals surface area contributed by atoms with Crippen LogP contribution in [0.4, 0.5) is 5.69 Å². The number of para-hydroxylation sites is 1. The fourth-order valence-electron chi connectivity index (χ4n) is 2.98. The standard InChI is InChI=1S/C22H14BrCl2N3O2S2/c1-30-18-7-6-11(23)8-13(18)20(29)28-22(31)27-17-9-12(14(24)10-15(17)25)21-26-16-4-2-3-5-19(16)32-21/h2-10H,1H3,(H2,27,28,29,31). The summed E-state index contributed by atoms with van der Waals surface area (Å²) in [7, 11) is 1.49. The summed E-state index contributed by atoms with van der Waals surface area (Å²) in [5.74, 6) is 0.00767. The first-order valence-electron chi connectivity index (χ1n) is 9.16.